The number of aryl methyl sites for hydroxylation is 3. The number of hydrogen-bond donors (Lipinski definition) is 0. The lowest BCUT2D eigenvalue weighted by molar-refractivity contribution is 0.569. The predicted molar refractivity (Wildman–Crippen MR) is 152 cm³/mol. The van der Waals surface area contributed by atoms with Crippen molar-refractivity contribution in [3.63, 3.8) is 0 Å². The molecule has 0 atom stereocenters. The van der Waals surface area contributed by atoms with Gasteiger partial charge in [-0.3, -0.25) is 9.98 Å². The van der Waals surface area contributed by atoms with Gasteiger partial charge in [0, 0.05) is 0 Å². The van der Waals surface area contributed by atoms with Crippen molar-refractivity contribution in [1.82, 2.24) is 4.98 Å². The van der Waals surface area contributed by atoms with Gasteiger partial charge in [0.15, 0.2) is 0 Å². The van der Waals surface area contributed by atoms with E-state index in [1.807, 2.05) is 32.0 Å². The van der Waals surface area contributed by atoms with Crippen molar-refractivity contribution in [2.45, 2.75) is 87.0 Å². The smallest absolute Gasteiger partial charge is 0.0849 e. The third kappa shape index (κ3) is 6.54. The fourth-order valence-electron chi connectivity index (χ4n) is 4.20. The Morgan fingerprint density at radius 2 is 1.11 bits per heavy atom. The zero-order valence-corrected chi connectivity index (χ0v) is 23.5. The van der Waals surface area contributed by atoms with Gasteiger partial charge in [-0.1, -0.05) is 71.4 Å². The molecule has 35 heavy (non-hydrogen) atoms. The first-order valence-corrected chi connectivity index (χ1v) is 12.5. The highest BCUT2D eigenvalue weighted by molar-refractivity contribution is 6.02. The summed E-state index contributed by atoms with van der Waals surface area (Å²) in [6.07, 6.45) is 0. The molecular weight excluding hydrogens is 426 g/mol. The molecule has 3 heteroatoms. The molecule has 0 bridgehead atoms. The van der Waals surface area contributed by atoms with E-state index in [0.717, 1.165) is 34.2 Å². The van der Waals surface area contributed by atoms with Crippen LogP contribution in [0.15, 0.2) is 58.5 Å². The summed E-state index contributed by atoms with van der Waals surface area (Å²) in [4.78, 5) is 14.9. The van der Waals surface area contributed by atoms with E-state index in [-0.39, 0.29) is 10.8 Å². The van der Waals surface area contributed by atoms with E-state index in [9.17, 15) is 0 Å². The second kappa shape index (κ2) is 9.89. The van der Waals surface area contributed by atoms with Crippen molar-refractivity contribution < 1.29 is 0 Å². The fraction of sp³-hybridized carbons (Fsp3) is 0.406. The molecule has 0 fully saturated rings. The number of benzene rings is 2. The zero-order chi connectivity index (χ0) is 26.1. The third-order valence-electron chi connectivity index (χ3n) is 6.35. The number of nitrogens with zero attached hydrogens (tertiary/aromatic N) is 3. The fourth-order valence-corrected chi connectivity index (χ4v) is 4.20. The standard InChI is InChI=1S/C32H41N3/c1-20-15-21(2)30(22(3)16-20)34-24(5)29-14-12-13-28(35-29)23(4)33-27-18-25(31(6,7)8)17-26(19-27)32(9,10)11/h12-19H,1-11H3/b33-23+,34-24+. The van der Waals surface area contributed by atoms with Gasteiger partial charge < -0.3 is 0 Å². The highest BCUT2D eigenvalue weighted by Gasteiger charge is 2.20. The summed E-state index contributed by atoms with van der Waals surface area (Å²) in [5.41, 5.74) is 11.9. The summed E-state index contributed by atoms with van der Waals surface area (Å²) in [7, 11) is 0. The second-order valence-electron chi connectivity index (χ2n) is 11.8. The Morgan fingerprint density at radius 1 is 0.657 bits per heavy atom. The van der Waals surface area contributed by atoms with Crippen LogP contribution in [0.4, 0.5) is 11.4 Å². The van der Waals surface area contributed by atoms with E-state index < -0.39 is 0 Å². The Hall–Kier alpha value is -3.07. The van der Waals surface area contributed by atoms with Crippen LogP contribution in [-0.2, 0) is 10.8 Å². The highest BCUT2D eigenvalue weighted by Crippen LogP contribution is 2.33. The molecule has 1 aromatic heterocycles. The van der Waals surface area contributed by atoms with Crippen LogP contribution in [0.3, 0.4) is 0 Å². The first-order valence-electron chi connectivity index (χ1n) is 12.5. The molecule has 0 saturated carbocycles. The molecule has 3 rings (SSSR count). The molecule has 0 unspecified atom stereocenters. The minimum Gasteiger partial charge on any atom is -0.251 e. The maximum absolute atomic E-state index is 5.01. The Morgan fingerprint density at radius 3 is 1.57 bits per heavy atom. The largest absolute Gasteiger partial charge is 0.251 e. The molecule has 0 aliphatic rings. The summed E-state index contributed by atoms with van der Waals surface area (Å²) < 4.78 is 0. The molecule has 1 heterocycles. The highest BCUT2D eigenvalue weighted by atomic mass is 14.8. The first kappa shape index (κ1) is 26.5. The van der Waals surface area contributed by atoms with Gasteiger partial charge in [0.1, 0.15) is 0 Å². The molecule has 2 aromatic carbocycles. The number of aromatic nitrogens is 1. The average Bonchev–Trinajstić information content (AvgIpc) is 2.74. The summed E-state index contributed by atoms with van der Waals surface area (Å²) in [6.45, 7) is 23.9. The molecule has 0 aliphatic carbocycles. The minimum atomic E-state index is 0.0530. The van der Waals surface area contributed by atoms with Crippen LogP contribution in [0.2, 0.25) is 0 Å². The van der Waals surface area contributed by atoms with Crippen molar-refractivity contribution in [3.05, 3.63) is 87.7 Å². The molecule has 0 spiro atoms. The summed E-state index contributed by atoms with van der Waals surface area (Å²) >= 11 is 0. The van der Waals surface area contributed by atoms with Crippen molar-refractivity contribution in [1.29, 1.82) is 0 Å². The summed E-state index contributed by atoms with van der Waals surface area (Å²) in [6, 6.07) is 17.2. The lowest BCUT2D eigenvalue weighted by Gasteiger charge is -2.25. The van der Waals surface area contributed by atoms with Crippen LogP contribution in [0.25, 0.3) is 0 Å². The summed E-state index contributed by atoms with van der Waals surface area (Å²) in [5.74, 6) is 0. The van der Waals surface area contributed by atoms with Crippen LogP contribution >= 0.6 is 0 Å². The number of pyridine rings is 1. The Kier molecular flexibility index (Phi) is 7.50. The SMILES string of the molecule is C/C(=N\c1cc(C(C)(C)C)cc(C(C)(C)C)c1)c1cccc(/C(C)=N/c2c(C)cc(C)cc2C)n1. The van der Waals surface area contributed by atoms with Gasteiger partial charge in [0.05, 0.1) is 34.2 Å². The average molecular weight is 468 g/mol. The predicted octanol–water partition coefficient (Wildman–Crippen LogP) is 8.88. The normalized spacial score (nSPS) is 13.3. The molecule has 184 valence electrons. The van der Waals surface area contributed by atoms with Crippen LogP contribution in [0.5, 0.6) is 0 Å². The minimum absolute atomic E-state index is 0.0530. The maximum atomic E-state index is 5.01. The molecular formula is C32H41N3. The van der Waals surface area contributed by atoms with E-state index in [2.05, 4.69) is 92.6 Å². The maximum Gasteiger partial charge on any atom is 0.0849 e. The Labute approximate surface area is 212 Å². The number of rotatable bonds is 4. The Bertz CT molecular complexity index is 1240. The monoisotopic (exact) mass is 467 g/mol. The second-order valence-corrected chi connectivity index (χ2v) is 11.8. The van der Waals surface area contributed by atoms with Gasteiger partial charge in [-0.05, 0) is 92.0 Å². The van der Waals surface area contributed by atoms with Crippen molar-refractivity contribution in [3.8, 4) is 0 Å². The molecule has 3 aromatic rings. The van der Waals surface area contributed by atoms with Gasteiger partial charge in [-0.25, -0.2) is 4.98 Å². The summed E-state index contributed by atoms with van der Waals surface area (Å²) in [5, 5.41) is 0. The van der Waals surface area contributed by atoms with E-state index in [4.69, 9.17) is 15.0 Å². The van der Waals surface area contributed by atoms with Gasteiger partial charge in [-0.2, -0.15) is 0 Å². The van der Waals surface area contributed by atoms with E-state index >= 15 is 0 Å². The molecule has 0 radical (unpaired) electrons. The van der Waals surface area contributed by atoms with Crippen LogP contribution < -0.4 is 0 Å². The van der Waals surface area contributed by atoms with Crippen molar-refractivity contribution >= 4 is 22.8 Å². The van der Waals surface area contributed by atoms with Crippen LogP contribution in [0, 0.1) is 20.8 Å². The lowest BCUT2D eigenvalue weighted by atomic mass is 9.80. The van der Waals surface area contributed by atoms with Crippen molar-refractivity contribution in [2.75, 3.05) is 0 Å². The first-order chi connectivity index (χ1) is 16.1. The lowest BCUT2D eigenvalue weighted by Crippen LogP contribution is -2.16. The van der Waals surface area contributed by atoms with Crippen LogP contribution in [-0.4, -0.2) is 16.4 Å². The molecule has 0 N–H and O–H groups in total. The van der Waals surface area contributed by atoms with E-state index in [1.54, 1.807) is 0 Å². The topological polar surface area (TPSA) is 37.6 Å². The van der Waals surface area contributed by atoms with Crippen molar-refractivity contribution in [2.24, 2.45) is 9.98 Å². The zero-order valence-electron chi connectivity index (χ0n) is 23.5. The van der Waals surface area contributed by atoms with Crippen LogP contribution in [0.1, 0.15) is 94.6 Å². The molecule has 3 nitrogen and oxygen atoms in total. The molecule has 0 amide bonds. The van der Waals surface area contributed by atoms with Gasteiger partial charge >= 0.3 is 0 Å². The Balaban J connectivity index is 2.02. The molecule has 0 saturated heterocycles. The van der Waals surface area contributed by atoms with E-state index in [0.29, 0.717) is 0 Å². The number of hydrogen-bond acceptors (Lipinski definition) is 3. The third-order valence-corrected chi connectivity index (χ3v) is 6.35. The number of aliphatic imine (C=N–C) groups is 2. The quantitative estimate of drug-likeness (QED) is 0.353. The van der Waals surface area contributed by atoms with E-state index in [1.165, 1.54) is 27.8 Å². The van der Waals surface area contributed by atoms with Gasteiger partial charge in [-0.15, -0.1) is 0 Å². The van der Waals surface area contributed by atoms with Gasteiger partial charge in [0.2, 0.25) is 0 Å². The van der Waals surface area contributed by atoms with Gasteiger partial charge in [0.25, 0.3) is 0 Å². The molecule has 0 aliphatic heterocycles.